The molecule has 1 atom stereocenters. The normalized spacial score (nSPS) is 22.8. The van der Waals surface area contributed by atoms with E-state index in [1.807, 2.05) is 18.3 Å². The summed E-state index contributed by atoms with van der Waals surface area (Å²) in [5.41, 5.74) is 1.11. The molecule has 0 aromatic carbocycles. The van der Waals surface area contributed by atoms with Crippen molar-refractivity contribution in [2.45, 2.75) is 18.9 Å². The molecule has 1 unspecified atom stereocenters. The first-order chi connectivity index (χ1) is 9.83. The average Bonchev–Trinajstić information content (AvgIpc) is 3.03. The van der Waals surface area contributed by atoms with Crippen LogP contribution in [0.25, 0.3) is 0 Å². The maximum atomic E-state index is 12.0. The zero-order valence-corrected chi connectivity index (χ0v) is 11.6. The molecule has 3 heterocycles. The van der Waals surface area contributed by atoms with Crippen molar-refractivity contribution in [3.63, 3.8) is 0 Å². The van der Waals surface area contributed by atoms with Crippen molar-refractivity contribution >= 4 is 17.4 Å². The summed E-state index contributed by atoms with van der Waals surface area (Å²) in [5, 5.41) is 9.38. The monoisotopic (exact) mass is 275 g/mol. The smallest absolute Gasteiger partial charge is 0.242 e. The summed E-state index contributed by atoms with van der Waals surface area (Å²) in [6.07, 6.45) is 3.81. The topological polar surface area (TPSA) is 69.3 Å². The van der Waals surface area contributed by atoms with E-state index < -0.39 is 0 Å². The van der Waals surface area contributed by atoms with Gasteiger partial charge < -0.3 is 20.9 Å². The molecule has 0 spiro atoms. The van der Waals surface area contributed by atoms with Crippen molar-refractivity contribution in [1.29, 1.82) is 0 Å². The summed E-state index contributed by atoms with van der Waals surface area (Å²) in [5.74, 6) is 0.646. The Kier molecular flexibility index (Phi) is 4.13. The van der Waals surface area contributed by atoms with Crippen molar-refractivity contribution in [3.8, 4) is 0 Å². The number of piperazine rings is 1. The lowest BCUT2D eigenvalue weighted by molar-refractivity contribution is -0.117. The number of carbonyl (C=O) groups is 1. The number of aromatic nitrogens is 1. The van der Waals surface area contributed by atoms with Crippen LogP contribution in [0, 0.1) is 0 Å². The van der Waals surface area contributed by atoms with E-state index in [2.05, 4.69) is 25.8 Å². The third kappa shape index (κ3) is 3.08. The summed E-state index contributed by atoms with van der Waals surface area (Å²) in [6, 6.07) is 3.84. The highest BCUT2D eigenvalue weighted by molar-refractivity contribution is 5.94. The Morgan fingerprint density at radius 3 is 2.80 bits per heavy atom. The SMILES string of the molecule is O=C(Nc1ccc(N2CCNCC2)cn1)C1CCCN1. The van der Waals surface area contributed by atoms with Gasteiger partial charge in [0.05, 0.1) is 17.9 Å². The van der Waals surface area contributed by atoms with Crippen LogP contribution in [0.2, 0.25) is 0 Å². The molecule has 6 nitrogen and oxygen atoms in total. The lowest BCUT2D eigenvalue weighted by atomic mass is 10.2. The lowest BCUT2D eigenvalue weighted by Gasteiger charge is -2.29. The van der Waals surface area contributed by atoms with Crippen LogP contribution in [0.3, 0.4) is 0 Å². The first kappa shape index (κ1) is 13.3. The Balaban J connectivity index is 1.59. The van der Waals surface area contributed by atoms with Crippen LogP contribution >= 0.6 is 0 Å². The van der Waals surface area contributed by atoms with Gasteiger partial charge >= 0.3 is 0 Å². The van der Waals surface area contributed by atoms with Crippen LogP contribution in [0.5, 0.6) is 0 Å². The molecule has 0 aliphatic carbocycles. The van der Waals surface area contributed by atoms with E-state index in [9.17, 15) is 4.79 Å². The second-order valence-electron chi connectivity index (χ2n) is 5.28. The fraction of sp³-hybridized carbons (Fsp3) is 0.571. The van der Waals surface area contributed by atoms with E-state index in [-0.39, 0.29) is 11.9 Å². The van der Waals surface area contributed by atoms with Gasteiger partial charge in [0.2, 0.25) is 5.91 Å². The summed E-state index contributed by atoms with van der Waals surface area (Å²) in [4.78, 5) is 18.6. The zero-order valence-electron chi connectivity index (χ0n) is 11.6. The number of amides is 1. The number of pyridine rings is 1. The molecule has 3 N–H and O–H groups in total. The molecule has 0 bridgehead atoms. The van der Waals surface area contributed by atoms with Gasteiger partial charge in [-0.3, -0.25) is 4.79 Å². The first-order valence-electron chi connectivity index (χ1n) is 7.29. The molecule has 2 aliphatic heterocycles. The number of hydrogen-bond donors (Lipinski definition) is 3. The Morgan fingerprint density at radius 2 is 2.15 bits per heavy atom. The van der Waals surface area contributed by atoms with Crippen LogP contribution in [-0.2, 0) is 4.79 Å². The molecule has 0 saturated carbocycles. The van der Waals surface area contributed by atoms with E-state index in [1.165, 1.54) is 0 Å². The minimum atomic E-state index is -0.0651. The number of anilines is 2. The van der Waals surface area contributed by atoms with Gasteiger partial charge in [-0.2, -0.15) is 0 Å². The fourth-order valence-electron chi connectivity index (χ4n) is 2.69. The van der Waals surface area contributed by atoms with Gasteiger partial charge in [0, 0.05) is 26.2 Å². The molecule has 1 amide bonds. The van der Waals surface area contributed by atoms with Gasteiger partial charge in [-0.25, -0.2) is 4.98 Å². The molecule has 0 radical (unpaired) electrons. The number of nitrogens with one attached hydrogen (secondary N) is 3. The predicted octanol–water partition coefficient (Wildman–Crippen LogP) is 0.182. The Bertz CT molecular complexity index is 449. The Morgan fingerprint density at radius 1 is 1.30 bits per heavy atom. The van der Waals surface area contributed by atoms with Gasteiger partial charge in [0.15, 0.2) is 0 Å². The van der Waals surface area contributed by atoms with E-state index in [0.717, 1.165) is 51.3 Å². The standard InChI is InChI=1S/C14H21N5O/c20-14(12-2-1-5-16-12)18-13-4-3-11(10-17-13)19-8-6-15-7-9-19/h3-4,10,12,15-16H,1-2,5-9H2,(H,17,18,20). The Labute approximate surface area is 118 Å². The highest BCUT2D eigenvalue weighted by atomic mass is 16.2. The van der Waals surface area contributed by atoms with Crippen LogP contribution in [0.15, 0.2) is 18.3 Å². The molecule has 2 aliphatic rings. The first-order valence-corrected chi connectivity index (χ1v) is 7.29. The summed E-state index contributed by atoms with van der Waals surface area (Å²) < 4.78 is 0. The molecular formula is C14H21N5O. The summed E-state index contributed by atoms with van der Waals surface area (Å²) in [7, 11) is 0. The third-order valence-electron chi connectivity index (χ3n) is 3.86. The van der Waals surface area contributed by atoms with Gasteiger partial charge in [-0.1, -0.05) is 0 Å². The van der Waals surface area contributed by atoms with Crippen LogP contribution in [0.4, 0.5) is 11.5 Å². The van der Waals surface area contributed by atoms with Gasteiger partial charge in [-0.15, -0.1) is 0 Å². The second-order valence-corrected chi connectivity index (χ2v) is 5.28. The quantitative estimate of drug-likeness (QED) is 0.734. The van der Waals surface area contributed by atoms with Crippen molar-refractivity contribution in [2.75, 3.05) is 42.9 Å². The van der Waals surface area contributed by atoms with Crippen molar-refractivity contribution < 1.29 is 4.79 Å². The van der Waals surface area contributed by atoms with Crippen molar-refractivity contribution in [3.05, 3.63) is 18.3 Å². The molecule has 1 aromatic heterocycles. The van der Waals surface area contributed by atoms with E-state index in [1.54, 1.807) is 0 Å². The van der Waals surface area contributed by atoms with E-state index >= 15 is 0 Å². The van der Waals surface area contributed by atoms with Gasteiger partial charge in [0.1, 0.15) is 5.82 Å². The lowest BCUT2D eigenvalue weighted by Crippen LogP contribution is -2.43. The van der Waals surface area contributed by atoms with Gasteiger partial charge in [-0.05, 0) is 31.5 Å². The van der Waals surface area contributed by atoms with Crippen LogP contribution in [0.1, 0.15) is 12.8 Å². The van der Waals surface area contributed by atoms with Crippen molar-refractivity contribution in [1.82, 2.24) is 15.6 Å². The molecule has 2 fully saturated rings. The summed E-state index contributed by atoms with van der Waals surface area (Å²) in [6.45, 7) is 4.93. The molecule has 20 heavy (non-hydrogen) atoms. The van der Waals surface area contributed by atoms with Crippen LogP contribution in [-0.4, -0.2) is 49.7 Å². The minimum absolute atomic E-state index is 0.0184. The maximum absolute atomic E-state index is 12.0. The average molecular weight is 275 g/mol. The van der Waals surface area contributed by atoms with Crippen LogP contribution < -0.4 is 20.9 Å². The fourth-order valence-corrected chi connectivity index (χ4v) is 2.69. The predicted molar refractivity (Wildman–Crippen MR) is 79.0 cm³/mol. The molecule has 3 rings (SSSR count). The zero-order chi connectivity index (χ0) is 13.8. The molecule has 108 valence electrons. The molecule has 2 saturated heterocycles. The number of rotatable bonds is 3. The number of carbonyl (C=O) groups excluding carboxylic acids is 1. The largest absolute Gasteiger partial charge is 0.368 e. The molecule has 1 aromatic rings. The summed E-state index contributed by atoms with van der Waals surface area (Å²) >= 11 is 0. The maximum Gasteiger partial charge on any atom is 0.242 e. The van der Waals surface area contributed by atoms with Crippen molar-refractivity contribution in [2.24, 2.45) is 0 Å². The highest BCUT2D eigenvalue weighted by Crippen LogP contribution is 2.16. The highest BCUT2D eigenvalue weighted by Gasteiger charge is 2.22. The van der Waals surface area contributed by atoms with E-state index in [0.29, 0.717) is 5.82 Å². The second kappa shape index (κ2) is 6.19. The molecular weight excluding hydrogens is 254 g/mol. The number of nitrogens with zero attached hydrogens (tertiary/aromatic N) is 2. The minimum Gasteiger partial charge on any atom is -0.368 e. The number of hydrogen-bond acceptors (Lipinski definition) is 5. The van der Waals surface area contributed by atoms with E-state index in [4.69, 9.17) is 0 Å². The molecule has 6 heteroatoms. The Hall–Kier alpha value is -1.66. The third-order valence-corrected chi connectivity index (χ3v) is 3.86. The van der Waals surface area contributed by atoms with Gasteiger partial charge in [0.25, 0.3) is 0 Å².